The van der Waals surface area contributed by atoms with Crippen LogP contribution in [0.4, 0.5) is 0 Å². The Morgan fingerprint density at radius 1 is 1.15 bits per heavy atom. The summed E-state index contributed by atoms with van der Waals surface area (Å²) < 4.78 is 1.63. The third kappa shape index (κ3) is 1.28. The molecule has 2 aromatic rings. The van der Waals surface area contributed by atoms with Gasteiger partial charge in [0, 0.05) is 11.3 Å². The van der Waals surface area contributed by atoms with Gasteiger partial charge in [-0.15, -0.1) is 0 Å². The maximum Gasteiger partial charge on any atom is 0.161 e. The molecule has 0 saturated carbocycles. The van der Waals surface area contributed by atoms with Crippen LogP contribution in [0.3, 0.4) is 0 Å². The van der Waals surface area contributed by atoms with E-state index < -0.39 is 0 Å². The molecule has 0 aromatic carbocycles. The van der Waals surface area contributed by atoms with Crippen molar-refractivity contribution in [2.24, 2.45) is 0 Å². The average Bonchev–Trinajstić information content (AvgIpc) is 2.62. The molecule has 0 radical (unpaired) electrons. The number of aromatic nitrogens is 5. The zero-order chi connectivity index (χ0) is 9.26. The van der Waals surface area contributed by atoms with E-state index in [1.807, 2.05) is 13.8 Å². The van der Waals surface area contributed by atoms with Gasteiger partial charge in [-0.2, -0.15) is 5.10 Å². The van der Waals surface area contributed by atoms with Crippen molar-refractivity contribution in [1.29, 1.82) is 0 Å². The molecule has 0 N–H and O–H groups in total. The summed E-state index contributed by atoms with van der Waals surface area (Å²) in [5.41, 5.74) is 1.98. The van der Waals surface area contributed by atoms with Crippen LogP contribution in [0.2, 0.25) is 0 Å². The topological polar surface area (TPSA) is 56.5 Å². The van der Waals surface area contributed by atoms with Gasteiger partial charge >= 0.3 is 0 Å². The molecule has 2 aromatic heterocycles. The summed E-state index contributed by atoms with van der Waals surface area (Å²) in [5.74, 6) is 0.782. The minimum absolute atomic E-state index is 0.782. The van der Waals surface area contributed by atoms with Crippen LogP contribution < -0.4 is 0 Å². The van der Waals surface area contributed by atoms with Crippen molar-refractivity contribution in [2.45, 2.75) is 13.8 Å². The number of nitrogens with zero attached hydrogens (tertiary/aromatic N) is 5. The van der Waals surface area contributed by atoms with Crippen molar-refractivity contribution in [1.82, 2.24) is 24.7 Å². The first kappa shape index (κ1) is 7.85. The van der Waals surface area contributed by atoms with Gasteiger partial charge in [-0.3, -0.25) is 0 Å². The Hall–Kier alpha value is -1.78. The van der Waals surface area contributed by atoms with E-state index in [-0.39, 0.29) is 0 Å². The van der Waals surface area contributed by atoms with Crippen molar-refractivity contribution in [3.05, 3.63) is 30.2 Å². The average molecular weight is 175 g/mol. The fourth-order valence-electron chi connectivity index (χ4n) is 1.07. The predicted molar refractivity (Wildman–Crippen MR) is 46.4 cm³/mol. The lowest BCUT2D eigenvalue weighted by atomic mass is 10.2. The molecule has 0 amide bonds. The van der Waals surface area contributed by atoms with Gasteiger partial charge in [0.25, 0.3) is 0 Å². The van der Waals surface area contributed by atoms with E-state index in [0.717, 1.165) is 17.1 Å². The standard InChI is InChI=1S/C8H9N5/c1-6-7(2)10-4-11-8(6)13-5-9-3-12-13/h3-5H,1-2H3. The minimum Gasteiger partial charge on any atom is -0.241 e. The van der Waals surface area contributed by atoms with Gasteiger partial charge < -0.3 is 0 Å². The Labute approximate surface area is 75.5 Å². The molecular weight excluding hydrogens is 166 g/mol. The molecule has 5 nitrogen and oxygen atoms in total. The van der Waals surface area contributed by atoms with Crippen LogP contribution in [0.1, 0.15) is 11.3 Å². The van der Waals surface area contributed by atoms with E-state index in [1.165, 1.54) is 12.7 Å². The van der Waals surface area contributed by atoms with Crippen LogP contribution in [0.15, 0.2) is 19.0 Å². The second-order valence-electron chi connectivity index (χ2n) is 2.75. The molecule has 0 aliphatic carbocycles. The Kier molecular flexibility index (Phi) is 1.77. The molecule has 0 spiro atoms. The van der Waals surface area contributed by atoms with Gasteiger partial charge in [0.1, 0.15) is 19.0 Å². The number of hydrogen-bond donors (Lipinski definition) is 0. The molecule has 0 atom stereocenters. The molecule has 13 heavy (non-hydrogen) atoms. The summed E-state index contributed by atoms with van der Waals surface area (Å²) >= 11 is 0. The van der Waals surface area contributed by atoms with Crippen molar-refractivity contribution in [3.8, 4) is 5.82 Å². The Balaban J connectivity index is 2.59. The van der Waals surface area contributed by atoms with Gasteiger partial charge in [0.2, 0.25) is 0 Å². The van der Waals surface area contributed by atoms with Gasteiger partial charge in [0.15, 0.2) is 5.82 Å². The largest absolute Gasteiger partial charge is 0.241 e. The first-order valence-corrected chi connectivity index (χ1v) is 3.92. The van der Waals surface area contributed by atoms with Crippen LogP contribution in [0, 0.1) is 13.8 Å². The molecule has 5 heteroatoms. The quantitative estimate of drug-likeness (QED) is 0.639. The van der Waals surface area contributed by atoms with Crippen molar-refractivity contribution >= 4 is 0 Å². The Morgan fingerprint density at radius 3 is 2.69 bits per heavy atom. The van der Waals surface area contributed by atoms with Crippen molar-refractivity contribution < 1.29 is 0 Å². The van der Waals surface area contributed by atoms with Gasteiger partial charge in [-0.1, -0.05) is 0 Å². The van der Waals surface area contributed by atoms with Crippen LogP contribution in [0.5, 0.6) is 0 Å². The first-order valence-electron chi connectivity index (χ1n) is 3.92. The SMILES string of the molecule is Cc1ncnc(-n2cncn2)c1C. The fraction of sp³-hybridized carbons (Fsp3) is 0.250. The molecular formula is C8H9N5. The maximum atomic E-state index is 4.13. The minimum atomic E-state index is 0.782. The summed E-state index contributed by atoms with van der Waals surface area (Å²) in [5, 5.41) is 4.00. The first-order chi connectivity index (χ1) is 6.29. The molecule has 0 unspecified atom stereocenters. The normalized spacial score (nSPS) is 10.3. The summed E-state index contributed by atoms with van der Waals surface area (Å²) in [7, 11) is 0. The van der Waals surface area contributed by atoms with E-state index in [0.29, 0.717) is 0 Å². The number of hydrogen-bond acceptors (Lipinski definition) is 4. The fourth-order valence-corrected chi connectivity index (χ4v) is 1.07. The van der Waals surface area contributed by atoms with Crippen LogP contribution >= 0.6 is 0 Å². The summed E-state index contributed by atoms with van der Waals surface area (Å²) in [6.45, 7) is 3.91. The highest BCUT2D eigenvalue weighted by atomic mass is 15.3. The third-order valence-electron chi connectivity index (χ3n) is 1.95. The molecule has 0 aliphatic rings. The Morgan fingerprint density at radius 2 is 2.00 bits per heavy atom. The lowest BCUT2D eigenvalue weighted by molar-refractivity contribution is 0.821. The number of aryl methyl sites for hydroxylation is 1. The molecule has 0 aliphatic heterocycles. The molecule has 66 valence electrons. The van der Waals surface area contributed by atoms with E-state index >= 15 is 0 Å². The molecule has 0 fully saturated rings. The Bertz CT molecular complexity index is 406. The second-order valence-corrected chi connectivity index (χ2v) is 2.75. The van der Waals surface area contributed by atoms with E-state index in [4.69, 9.17) is 0 Å². The highest BCUT2D eigenvalue weighted by Gasteiger charge is 2.04. The van der Waals surface area contributed by atoms with Crippen LogP contribution in [-0.4, -0.2) is 24.7 Å². The van der Waals surface area contributed by atoms with E-state index in [9.17, 15) is 0 Å². The summed E-state index contributed by atoms with van der Waals surface area (Å²) in [4.78, 5) is 12.1. The molecule has 2 heterocycles. The zero-order valence-electron chi connectivity index (χ0n) is 7.47. The molecule has 2 rings (SSSR count). The third-order valence-corrected chi connectivity index (χ3v) is 1.95. The maximum absolute atomic E-state index is 4.13. The number of rotatable bonds is 1. The summed E-state index contributed by atoms with van der Waals surface area (Å²) in [6, 6.07) is 0. The smallest absolute Gasteiger partial charge is 0.161 e. The van der Waals surface area contributed by atoms with Crippen LogP contribution in [-0.2, 0) is 0 Å². The zero-order valence-corrected chi connectivity index (χ0v) is 7.47. The van der Waals surface area contributed by atoms with Gasteiger partial charge in [0.05, 0.1) is 0 Å². The van der Waals surface area contributed by atoms with Crippen molar-refractivity contribution in [2.75, 3.05) is 0 Å². The van der Waals surface area contributed by atoms with Gasteiger partial charge in [-0.25, -0.2) is 19.6 Å². The second kappa shape index (κ2) is 2.93. The molecule has 0 saturated heterocycles. The van der Waals surface area contributed by atoms with Crippen LogP contribution in [0.25, 0.3) is 5.82 Å². The van der Waals surface area contributed by atoms with E-state index in [2.05, 4.69) is 20.1 Å². The monoisotopic (exact) mass is 175 g/mol. The van der Waals surface area contributed by atoms with E-state index in [1.54, 1.807) is 11.0 Å². The van der Waals surface area contributed by atoms with Crippen molar-refractivity contribution in [3.63, 3.8) is 0 Å². The lowest BCUT2D eigenvalue weighted by Crippen LogP contribution is -2.03. The van der Waals surface area contributed by atoms with Gasteiger partial charge in [-0.05, 0) is 13.8 Å². The molecule has 0 bridgehead atoms. The predicted octanol–water partition coefficient (Wildman–Crippen LogP) is 0.674. The lowest BCUT2D eigenvalue weighted by Gasteiger charge is -2.04. The highest BCUT2D eigenvalue weighted by molar-refractivity contribution is 5.33. The summed E-state index contributed by atoms with van der Waals surface area (Å²) in [6.07, 6.45) is 4.63. The highest BCUT2D eigenvalue weighted by Crippen LogP contribution is 2.09.